The van der Waals surface area contributed by atoms with Gasteiger partial charge >= 0.3 is 0 Å². The van der Waals surface area contributed by atoms with Gasteiger partial charge < -0.3 is 4.90 Å². The molecule has 1 aromatic rings. The minimum absolute atomic E-state index is 0.122. The van der Waals surface area contributed by atoms with Crippen LogP contribution in [0.1, 0.15) is 19.3 Å². The molecule has 0 atom stereocenters. The lowest BCUT2D eigenvalue weighted by Gasteiger charge is -2.30. The topological polar surface area (TPSA) is 57.7 Å². The average Bonchev–Trinajstić information content (AvgIpc) is 2.48. The van der Waals surface area contributed by atoms with Gasteiger partial charge in [-0.05, 0) is 31.4 Å². The van der Waals surface area contributed by atoms with Crippen LogP contribution in [0.25, 0.3) is 0 Å². The Morgan fingerprint density at radius 1 is 1.09 bits per heavy atom. The maximum atomic E-state index is 12.4. The summed E-state index contributed by atoms with van der Waals surface area (Å²) in [6.45, 7) is 0.980. The standard InChI is InChI=1S/C14H17Cl3N2O3S/c1-23(21,22)19(9-14(20)18-5-3-2-4-6-18)13-8-11(16)10(15)7-12(13)17/h7-8H,2-6,9H2,1H3. The van der Waals surface area contributed by atoms with Crippen LogP contribution in [0.2, 0.25) is 15.1 Å². The van der Waals surface area contributed by atoms with Gasteiger partial charge in [0.15, 0.2) is 0 Å². The zero-order chi connectivity index (χ0) is 17.2. The predicted octanol–water partition coefficient (Wildman–Crippen LogP) is 3.43. The Morgan fingerprint density at radius 3 is 2.22 bits per heavy atom. The highest BCUT2D eigenvalue weighted by atomic mass is 35.5. The zero-order valence-electron chi connectivity index (χ0n) is 12.6. The van der Waals surface area contributed by atoms with Gasteiger partial charge in [-0.25, -0.2) is 8.42 Å². The Balaban J connectivity index is 2.31. The zero-order valence-corrected chi connectivity index (χ0v) is 15.6. The lowest BCUT2D eigenvalue weighted by molar-refractivity contribution is -0.130. The summed E-state index contributed by atoms with van der Waals surface area (Å²) in [7, 11) is -3.70. The molecule has 0 N–H and O–H groups in total. The molecule has 1 saturated heterocycles. The highest BCUT2D eigenvalue weighted by molar-refractivity contribution is 7.92. The highest BCUT2D eigenvalue weighted by Crippen LogP contribution is 2.35. The number of sulfonamides is 1. The first-order valence-corrected chi connectivity index (χ1v) is 10.1. The summed E-state index contributed by atoms with van der Waals surface area (Å²) >= 11 is 17.9. The average molecular weight is 400 g/mol. The fraction of sp³-hybridized carbons (Fsp3) is 0.500. The van der Waals surface area contributed by atoms with Crippen molar-refractivity contribution in [3.8, 4) is 0 Å². The molecule has 0 bridgehead atoms. The number of anilines is 1. The molecule has 128 valence electrons. The van der Waals surface area contributed by atoms with Crippen molar-refractivity contribution in [3.63, 3.8) is 0 Å². The number of rotatable bonds is 4. The second kappa shape index (κ2) is 7.47. The summed E-state index contributed by atoms with van der Waals surface area (Å²) in [4.78, 5) is 14.1. The van der Waals surface area contributed by atoms with Crippen LogP contribution in [0.5, 0.6) is 0 Å². The summed E-state index contributed by atoms with van der Waals surface area (Å²) in [6.07, 6.45) is 3.96. The van der Waals surface area contributed by atoms with Gasteiger partial charge in [0.1, 0.15) is 6.54 Å². The third-order valence-electron chi connectivity index (χ3n) is 3.65. The first-order valence-electron chi connectivity index (χ1n) is 7.10. The number of amides is 1. The first kappa shape index (κ1) is 18.6. The van der Waals surface area contributed by atoms with Gasteiger partial charge in [0, 0.05) is 13.1 Å². The number of nitrogens with zero attached hydrogens (tertiary/aromatic N) is 2. The third-order valence-corrected chi connectivity index (χ3v) is 5.80. The van der Waals surface area contributed by atoms with Gasteiger partial charge in [-0.3, -0.25) is 9.10 Å². The molecule has 1 aromatic carbocycles. The van der Waals surface area contributed by atoms with Crippen molar-refractivity contribution in [1.82, 2.24) is 4.90 Å². The minimum atomic E-state index is -3.70. The molecule has 0 saturated carbocycles. The van der Waals surface area contributed by atoms with E-state index in [1.165, 1.54) is 12.1 Å². The smallest absolute Gasteiger partial charge is 0.243 e. The highest BCUT2D eigenvalue weighted by Gasteiger charge is 2.27. The Morgan fingerprint density at radius 2 is 1.65 bits per heavy atom. The number of halogens is 3. The van der Waals surface area contributed by atoms with Crippen molar-refractivity contribution in [1.29, 1.82) is 0 Å². The van der Waals surface area contributed by atoms with Crippen LogP contribution in [0.4, 0.5) is 5.69 Å². The van der Waals surface area contributed by atoms with Crippen molar-refractivity contribution in [2.45, 2.75) is 19.3 Å². The Kier molecular flexibility index (Phi) is 6.05. The molecular weight excluding hydrogens is 383 g/mol. The van der Waals surface area contributed by atoms with Crippen molar-refractivity contribution >= 4 is 56.4 Å². The normalized spacial score (nSPS) is 15.6. The molecule has 9 heteroatoms. The molecule has 1 heterocycles. The third kappa shape index (κ3) is 4.66. The molecule has 5 nitrogen and oxygen atoms in total. The Labute approximate surface area is 151 Å². The van der Waals surface area contributed by atoms with E-state index in [9.17, 15) is 13.2 Å². The number of hydrogen-bond acceptors (Lipinski definition) is 3. The van der Waals surface area contributed by atoms with E-state index in [4.69, 9.17) is 34.8 Å². The lowest BCUT2D eigenvalue weighted by Crippen LogP contribution is -2.44. The number of likely N-dealkylation sites (tertiary alicyclic amines) is 1. The van der Waals surface area contributed by atoms with Crippen LogP contribution in [0, 0.1) is 0 Å². The van der Waals surface area contributed by atoms with E-state index in [2.05, 4.69) is 0 Å². The molecule has 1 fully saturated rings. The second-order valence-electron chi connectivity index (χ2n) is 5.43. The largest absolute Gasteiger partial charge is 0.341 e. The van der Waals surface area contributed by atoms with Crippen molar-refractivity contribution in [2.75, 3.05) is 30.2 Å². The molecule has 0 aromatic heterocycles. The summed E-state index contributed by atoms with van der Waals surface area (Å²) in [5.41, 5.74) is 0.147. The fourth-order valence-corrected chi connectivity index (χ4v) is 4.00. The molecule has 0 spiro atoms. The van der Waals surface area contributed by atoms with Crippen LogP contribution < -0.4 is 4.31 Å². The predicted molar refractivity (Wildman–Crippen MR) is 94.1 cm³/mol. The molecule has 23 heavy (non-hydrogen) atoms. The van der Waals surface area contributed by atoms with E-state index in [0.29, 0.717) is 13.1 Å². The molecule has 0 unspecified atom stereocenters. The van der Waals surface area contributed by atoms with Gasteiger partial charge in [0.25, 0.3) is 0 Å². The lowest BCUT2D eigenvalue weighted by atomic mass is 10.1. The fourth-order valence-electron chi connectivity index (χ4n) is 2.45. The molecule has 1 aliphatic rings. The van der Waals surface area contributed by atoms with Crippen LogP contribution in [0.15, 0.2) is 12.1 Å². The maximum absolute atomic E-state index is 12.4. The van der Waals surface area contributed by atoms with E-state index in [1.807, 2.05) is 0 Å². The first-order chi connectivity index (χ1) is 10.7. The van der Waals surface area contributed by atoms with Gasteiger partial charge in [-0.2, -0.15) is 0 Å². The van der Waals surface area contributed by atoms with Crippen molar-refractivity contribution in [2.24, 2.45) is 0 Å². The SMILES string of the molecule is CS(=O)(=O)N(CC(=O)N1CCCCC1)c1cc(Cl)c(Cl)cc1Cl. The van der Waals surface area contributed by atoms with Crippen molar-refractivity contribution in [3.05, 3.63) is 27.2 Å². The van der Waals surface area contributed by atoms with Crippen LogP contribution in [-0.4, -0.2) is 45.1 Å². The molecular formula is C14H17Cl3N2O3S. The summed E-state index contributed by atoms with van der Waals surface area (Å²) in [6, 6.07) is 2.72. The Hall–Kier alpha value is -0.690. The van der Waals surface area contributed by atoms with Crippen LogP contribution in [0.3, 0.4) is 0 Å². The van der Waals surface area contributed by atoms with E-state index >= 15 is 0 Å². The number of benzene rings is 1. The molecule has 1 amide bonds. The maximum Gasteiger partial charge on any atom is 0.243 e. The number of carbonyl (C=O) groups excluding carboxylic acids is 1. The second-order valence-corrected chi connectivity index (χ2v) is 8.56. The summed E-state index contributed by atoms with van der Waals surface area (Å²) < 4.78 is 25.2. The molecule has 0 radical (unpaired) electrons. The van der Waals surface area contributed by atoms with Crippen LogP contribution in [-0.2, 0) is 14.8 Å². The number of piperidine rings is 1. The van der Waals surface area contributed by atoms with Crippen LogP contribution >= 0.6 is 34.8 Å². The van der Waals surface area contributed by atoms with Gasteiger partial charge in [0.2, 0.25) is 15.9 Å². The van der Waals surface area contributed by atoms with Crippen molar-refractivity contribution < 1.29 is 13.2 Å². The van der Waals surface area contributed by atoms with E-state index in [-0.39, 0.29) is 33.2 Å². The molecule has 2 rings (SSSR count). The van der Waals surface area contributed by atoms with Gasteiger partial charge in [-0.15, -0.1) is 0 Å². The van der Waals surface area contributed by atoms with E-state index in [0.717, 1.165) is 29.8 Å². The number of carbonyl (C=O) groups is 1. The monoisotopic (exact) mass is 398 g/mol. The number of hydrogen-bond donors (Lipinski definition) is 0. The minimum Gasteiger partial charge on any atom is -0.341 e. The van der Waals surface area contributed by atoms with E-state index in [1.54, 1.807) is 4.90 Å². The quantitative estimate of drug-likeness (QED) is 0.729. The molecule has 1 aliphatic heterocycles. The summed E-state index contributed by atoms with van der Waals surface area (Å²) in [5, 5.41) is 0.512. The summed E-state index contributed by atoms with van der Waals surface area (Å²) in [5.74, 6) is -0.253. The Bertz CT molecular complexity index is 703. The molecule has 0 aliphatic carbocycles. The van der Waals surface area contributed by atoms with E-state index < -0.39 is 10.0 Å². The van der Waals surface area contributed by atoms with Gasteiger partial charge in [-0.1, -0.05) is 34.8 Å². The van der Waals surface area contributed by atoms with Gasteiger partial charge in [0.05, 0.1) is 27.0 Å².